The summed E-state index contributed by atoms with van der Waals surface area (Å²) in [6.45, 7) is 0. The van der Waals surface area contributed by atoms with E-state index in [2.05, 4.69) is 5.32 Å². The van der Waals surface area contributed by atoms with Crippen molar-refractivity contribution in [3.8, 4) is 0 Å². The molecule has 0 fully saturated rings. The number of carbonyl (C=O) groups is 1. The highest BCUT2D eigenvalue weighted by atomic mass is 19.4. The van der Waals surface area contributed by atoms with Crippen molar-refractivity contribution in [3.63, 3.8) is 0 Å². The molecular weight excluding hydrogens is 319 g/mol. The van der Waals surface area contributed by atoms with Gasteiger partial charge < -0.3 is 10.4 Å². The Hall–Kier alpha value is -2.34. The van der Waals surface area contributed by atoms with Crippen LogP contribution in [0.1, 0.15) is 30.1 Å². The standard InChI is InChI=1S/C18H18F3NO2/c19-18(20,21)11-10-13-6-4-5-9-15(13)22-17(24)12-16(23)14-7-2-1-3-8-14/h1-9,16,23H,10-12H2,(H,22,24). The Morgan fingerprint density at radius 2 is 1.67 bits per heavy atom. The third kappa shape index (κ3) is 5.70. The van der Waals surface area contributed by atoms with E-state index < -0.39 is 24.6 Å². The zero-order chi connectivity index (χ0) is 17.6. The van der Waals surface area contributed by atoms with Gasteiger partial charge in [-0.3, -0.25) is 4.79 Å². The number of aryl methyl sites for hydroxylation is 1. The first-order valence-electron chi connectivity index (χ1n) is 7.52. The van der Waals surface area contributed by atoms with Gasteiger partial charge in [-0.2, -0.15) is 13.2 Å². The Kier molecular flexibility index (Phi) is 5.98. The molecule has 0 heterocycles. The highest BCUT2D eigenvalue weighted by Crippen LogP contribution is 2.25. The Morgan fingerprint density at radius 3 is 2.33 bits per heavy atom. The highest BCUT2D eigenvalue weighted by Gasteiger charge is 2.27. The normalized spacial score (nSPS) is 12.7. The lowest BCUT2D eigenvalue weighted by molar-refractivity contribution is -0.133. The van der Waals surface area contributed by atoms with Crippen LogP contribution in [0, 0.1) is 0 Å². The molecule has 0 aromatic heterocycles. The molecule has 3 nitrogen and oxygen atoms in total. The first-order valence-corrected chi connectivity index (χ1v) is 7.52. The number of rotatable bonds is 6. The average molecular weight is 337 g/mol. The maximum atomic E-state index is 12.4. The number of amides is 1. The van der Waals surface area contributed by atoms with Crippen molar-refractivity contribution >= 4 is 11.6 Å². The molecule has 0 aliphatic rings. The van der Waals surface area contributed by atoms with E-state index in [-0.39, 0.29) is 12.8 Å². The lowest BCUT2D eigenvalue weighted by atomic mass is 10.1. The second-order valence-corrected chi connectivity index (χ2v) is 5.45. The molecule has 0 aliphatic carbocycles. The molecule has 0 spiro atoms. The van der Waals surface area contributed by atoms with Gasteiger partial charge in [0.05, 0.1) is 12.5 Å². The van der Waals surface area contributed by atoms with Gasteiger partial charge in [-0.25, -0.2) is 0 Å². The topological polar surface area (TPSA) is 49.3 Å². The van der Waals surface area contributed by atoms with Crippen LogP contribution in [0.25, 0.3) is 0 Å². The molecule has 24 heavy (non-hydrogen) atoms. The number of hydrogen-bond acceptors (Lipinski definition) is 2. The van der Waals surface area contributed by atoms with E-state index >= 15 is 0 Å². The number of alkyl halides is 3. The van der Waals surface area contributed by atoms with Gasteiger partial charge in [-0.15, -0.1) is 0 Å². The van der Waals surface area contributed by atoms with E-state index in [0.717, 1.165) is 0 Å². The zero-order valence-corrected chi connectivity index (χ0v) is 12.9. The van der Waals surface area contributed by atoms with E-state index in [1.54, 1.807) is 54.6 Å². The molecule has 1 unspecified atom stereocenters. The largest absolute Gasteiger partial charge is 0.389 e. The third-order valence-corrected chi connectivity index (χ3v) is 3.53. The number of halogens is 3. The first-order chi connectivity index (χ1) is 11.3. The molecule has 0 bridgehead atoms. The van der Waals surface area contributed by atoms with Crippen LogP contribution in [0.3, 0.4) is 0 Å². The summed E-state index contributed by atoms with van der Waals surface area (Å²) in [4.78, 5) is 12.1. The van der Waals surface area contributed by atoms with Crippen LogP contribution >= 0.6 is 0 Å². The molecule has 0 saturated heterocycles. The van der Waals surface area contributed by atoms with Crippen LogP contribution in [0.15, 0.2) is 54.6 Å². The Labute approximate surface area is 138 Å². The number of hydrogen-bond donors (Lipinski definition) is 2. The number of anilines is 1. The summed E-state index contributed by atoms with van der Waals surface area (Å²) in [5.74, 6) is -0.453. The Morgan fingerprint density at radius 1 is 1.04 bits per heavy atom. The minimum Gasteiger partial charge on any atom is -0.388 e. The maximum absolute atomic E-state index is 12.4. The SMILES string of the molecule is O=C(CC(O)c1ccccc1)Nc1ccccc1CCC(F)(F)F. The second kappa shape index (κ2) is 7.97. The summed E-state index contributed by atoms with van der Waals surface area (Å²) < 4.78 is 37.1. The van der Waals surface area contributed by atoms with E-state index in [1.807, 2.05) is 0 Å². The fourth-order valence-electron chi connectivity index (χ4n) is 2.31. The number of aliphatic hydroxyl groups is 1. The van der Waals surface area contributed by atoms with E-state index in [0.29, 0.717) is 16.8 Å². The van der Waals surface area contributed by atoms with Gasteiger partial charge >= 0.3 is 6.18 Å². The van der Waals surface area contributed by atoms with Crippen molar-refractivity contribution in [3.05, 3.63) is 65.7 Å². The molecule has 2 rings (SSSR count). The van der Waals surface area contributed by atoms with Gasteiger partial charge in [0.2, 0.25) is 5.91 Å². The molecule has 1 amide bonds. The van der Waals surface area contributed by atoms with Crippen LogP contribution < -0.4 is 5.32 Å². The average Bonchev–Trinajstić information content (AvgIpc) is 2.54. The quantitative estimate of drug-likeness (QED) is 0.828. The summed E-state index contributed by atoms with van der Waals surface area (Å²) in [5, 5.41) is 12.6. The van der Waals surface area contributed by atoms with Gasteiger partial charge in [-0.05, 0) is 23.6 Å². The van der Waals surface area contributed by atoms with Crippen LogP contribution in [-0.2, 0) is 11.2 Å². The summed E-state index contributed by atoms with van der Waals surface area (Å²) in [5.41, 5.74) is 1.36. The summed E-state index contributed by atoms with van der Waals surface area (Å²) in [6, 6.07) is 15.1. The van der Waals surface area contributed by atoms with Crippen molar-refractivity contribution in [1.29, 1.82) is 0 Å². The van der Waals surface area contributed by atoms with Crippen molar-refractivity contribution in [2.75, 3.05) is 5.32 Å². The minimum absolute atomic E-state index is 0.169. The maximum Gasteiger partial charge on any atom is 0.389 e. The summed E-state index contributed by atoms with van der Waals surface area (Å²) >= 11 is 0. The molecule has 128 valence electrons. The lowest BCUT2D eigenvalue weighted by Gasteiger charge is -2.14. The van der Waals surface area contributed by atoms with Gasteiger partial charge in [0.25, 0.3) is 0 Å². The monoisotopic (exact) mass is 337 g/mol. The predicted octanol–water partition coefficient (Wildman–Crippen LogP) is 4.24. The fraction of sp³-hybridized carbons (Fsp3) is 0.278. The Bertz CT molecular complexity index is 671. The molecule has 0 aliphatic heterocycles. The van der Waals surface area contributed by atoms with Gasteiger partial charge in [-0.1, -0.05) is 48.5 Å². The van der Waals surface area contributed by atoms with Crippen molar-refractivity contribution < 1.29 is 23.1 Å². The number of nitrogens with one attached hydrogen (secondary N) is 1. The van der Waals surface area contributed by atoms with Gasteiger partial charge in [0.1, 0.15) is 0 Å². The number of aliphatic hydroxyl groups excluding tert-OH is 1. The molecular formula is C18H18F3NO2. The van der Waals surface area contributed by atoms with Crippen molar-refractivity contribution in [2.45, 2.75) is 31.5 Å². The fourth-order valence-corrected chi connectivity index (χ4v) is 2.31. The highest BCUT2D eigenvalue weighted by molar-refractivity contribution is 5.91. The van der Waals surface area contributed by atoms with E-state index in [1.165, 1.54) is 0 Å². The number of carbonyl (C=O) groups excluding carboxylic acids is 1. The van der Waals surface area contributed by atoms with Crippen molar-refractivity contribution in [2.24, 2.45) is 0 Å². The molecule has 2 N–H and O–H groups in total. The van der Waals surface area contributed by atoms with Crippen LogP contribution in [0.4, 0.5) is 18.9 Å². The molecule has 0 radical (unpaired) electrons. The first kappa shape index (κ1) is 18.0. The molecule has 1 atom stereocenters. The Balaban J connectivity index is 1.99. The number of benzene rings is 2. The number of para-hydroxylation sites is 1. The summed E-state index contributed by atoms with van der Waals surface area (Å²) in [6.07, 6.45) is -6.54. The van der Waals surface area contributed by atoms with Gasteiger partial charge in [0.15, 0.2) is 0 Å². The van der Waals surface area contributed by atoms with E-state index in [4.69, 9.17) is 0 Å². The van der Waals surface area contributed by atoms with Gasteiger partial charge in [0, 0.05) is 12.1 Å². The lowest BCUT2D eigenvalue weighted by Crippen LogP contribution is -2.17. The molecule has 0 saturated carbocycles. The molecule has 2 aromatic rings. The second-order valence-electron chi connectivity index (χ2n) is 5.45. The van der Waals surface area contributed by atoms with E-state index in [9.17, 15) is 23.1 Å². The van der Waals surface area contributed by atoms with Crippen molar-refractivity contribution in [1.82, 2.24) is 0 Å². The summed E-state index contributed by atoms with van der Waals surface area (Å²) in [7, 11) is 0. The van der Waals surface area contributed by atoms with Crippen LogP contribution in [0.5, 0.6) is 0 Å². The minimum atomic E-state index is -4.25. The smallest absolute Gasteiger partial charge is 0.388 e. The molecule has 6 heteroatoms. The van der Waals surface area contributed by atoms with Crippen LogP contribution in [0.2, 0.25) is 0 Å². The zero-order valence-electron chi connectivity index (χ0n) is 12.9. The third-order valence-electron chi connectivity index (χ3n) is 3.53. The molecule has 2 aromatic carbocycles. The predicted molar refractivity (Wildman–Crippen MR) is 85.5 cm³/mol. The van der Waals surface area contributed by atoms with Crippen LogP contribution in [-0.4, -0.2) is 17.2 Å².